The van der Waals surface area contributed by atoms with Crippen LogP contribution in [0.3, 0.4) is 0 Å². The van der Waals surface area contributed by atoms with Gasteiger partial charge < -0.3 is 10.1 Å². The first-order valence-electron chi connectivity index (χ1n) is 7.01. The summed E-state index contributed by atoms with van der Waals surface area (Å²) in [6, 6.07) is 9.79. The number of anilines is 1. The fraction of sp³-hybridized carbons (Fsp3) is 0.500. The first-order chi connectivity index (χ1) is 9.70. The molecule has 0 bridgehead atoms. The fourth-order valence-electron chi connectivity index (χ4n) is 2.70. The summed E-state index contributed by atoms with van der Waals surface area (Å²) in [5.41, 5.74) is 0.875. The number of carbonyl (C=O) groups excluding carboxylic acids is 1. The molecule has 1 aromatic rings. The molecular weight excluding hydrogens is 252 g/mol. The zero-order valence-corrected chi connectivity index (χ0v) is 11.8. The number of carbonyl (C=O) groups is 1. The molecule has 0 aliphatic heterocycles. The molecule has 0 unspecified atom stereocenters. The zero-order valence-electron chi connectivity index (χ0n) is 11.8. The Morgan fingerprint density at radius 3 is 2.80 bits per heavy atom. The number of nitriles is 1. The number of hydrogen-bond acceptors (Lipinski definition) is 3. The Labute approximate surface area is 119 Å². The Morgan fingerprint density at radius 2 is 2.15 bits per heavy atom. The van der Waals surface area contributed by atoms with Crippen LogP contribution in [0.25, 0.3) is 0 Å². The van der Waals surface area contributed by atoms with E-state index >= 15 is 0 Å². The average molecular weight is 272 g/mol. The monoisotopic (exact) mass is 272 g/mol. The Hall–Kier alpha value is -1.86. The summed E-state index contributed by atoms with van der Waals surface area (Å²) < 4.78 is 5.08. The van der Waals surface area contributed by atoms with Gasteiger partial charge in [-0.1, -0.05) is 31.4 Å². The van der Waals surface area contributed by atoms with Gasteiger partial charge in [0, 0.05) is 12.8 Å². The van der Waals surface area contributed by atoms with Crippen molar-refractivity contribution >= 4 is 11.6 Å². The van der Waals surface area contributed by atoms with Gasteiger partial charge in [-0.05, 0) is 30.5 Å². The second kappa shape index (κ2) is 6.53. The summed E-state index contributed by atoms with van der Waals surface area (Å²) in [6.45, 7) is 0.507. The highest BCUT2D eigenvalue weighted by molar-refractivity contribution is 5.97. The van der Waals surface area contributed by atoms with Crippen molar-refractivity contribution in [2.45, 2.75) is 38.7 Å². The number of ether oxygens (including phenoxy) is 1. The second-order valence-electron chi connectivity index (χ2n) is 5.34. The molecule has 0 atom stereocenters. The molecule has 106 valence electrons. The largest absolute Gasteiger partial charge is 0.380 e. The SMILES string of the molecule is COCc1cccc(NC(=O)C2(C#N)CCCCC2)c1. The van der Waals surface area contributed by atoms with Crippen LogP contribution in [0.2, 0.25) is 0 Å². The maximum Gasteiger partial charge on any atom is 0.244 e. The maximum atomic E-state index is 12.4. The van der Waals surface area contributed by atoms with E-state index in [-0.39, 0.29) is 5.91 Å². The van der Waals surface area contributed by atoms with Gasteiger partial charge in [-0.25, -0.2) is 0 Å². The molecule has 1 N–H and O–H groups in total. The highest BCUT2D eigenvalue weighted by Gasteiger charge is 2.39. The van der Waals surface area contributed by atoms with Gasteiger partial charge in [-0.3, -0.25) is 4.79 Å². The molecule has 1 fully saturated rings. The van der Waals surface area contributed by atoms with Crippen molar-refractivity contribution in [3.8, 4) is 6.07 Å². The van der Waals surface area contributed by atoms with Crippen LogP contribution >= 0.6 is 0 Å². The summed E-state index contributed by atoms with van der Waals surface area (Å²) in [7, 11) is 1.64. The Balaban J connectivity index is 2.10. The summed E-state index contributed by atoms with van der Waals surface area (Å²) in [4.78, 5) is 12.4. The van der Waals surface area contributed by atoms with Gasteiger partial charge in [-0.15, -0.1) is 0 Å². The number of hydrogen-bond donors (Lipinski definition) is 1. The minimum absolute atomic E-state index is 0.172. The molecule has 4 heteroatoms. The lowest BCUT2D eigenvalue weighted by atomic mass is 9.74. The second-order valence-corrected chi connectivity index (χ2v) is 5.34. The zero-order chi connectivity index (χ0) is 14.4. The minimum Gasteiger partial charge on any atom is -0.380 e. The lowest BCUT2D eigenvalue weighted by Gasteiger charge is -2.29. The van der Waals surface area contributed by atoms with Crippen LogP contribution in [0.4, 0.5) is 5.69 Å². The highest BCUT2D eigenvalue weighted by atomic mass is 16.5. The van der Waals surface area contributed by atoms with Crippen LogP contribution < -0.4 is 5.32 Å². The number of amides is 1. The van der Waals surface area contributed by atoms with E-state index in [1.54, 1.807) is 7.11 Å². The summed E-state index contributed by atoms with van der Waals surface area (Å²) >= 11 is 0. The molecule has 0 saturated heterocycles. The summed E-state index contributed by atoms with van der Waals surface area (Å²) in [6.07, 6.45) is 4.33. The molecule has 2 rings (SSSR count). The Bertz CT molecular complexity index is 513. The van der Waals surface area contributed by atoms with Crippen molar-refractivity contribution in [3.63, 3.8) is 0 Å². The summed E-state index contributed by atoms with van der Waals surface area (Å²) in [5.74, 6) is -0.172. The van der Waals surface area contributed by atoms with Crippen molar-refractivity contribution < 1.29 is 9.53 Å². The van der Waals surface area contributed by atoms with Gasteiger partial charge in [0.25, 0.3) is 0 Å². The van der Waals surface area contributed by atoms with E-state index in [2.05, 4.69) is 11.4 Å². The van der Waals surface area contributed by atoms with Gasteiger partial charge in [0.1, 0.15) is 5.41 Å². The normalized spacial score (nSPS) is 17.2. The first kappa shape index (κ1) is 14.5. The number of methoxy groups -OCH3 is 1. The predicted molar refractivity (Wildman–Crippen MR) is 76.9 cm³/mol. The molecular formula is C16H20N2O2. The van der Waals surface area contributed by atoms with Crippen LogP contribution in [0.1, 0.15) is 37.7 Å². The molecule has 1 aliphatic carbocycles. The standard InChI is InChI=1S/C16H20N2O2/c1-20-11-13-6-5-7-14(10-13)18-15(19)16(12-17)8-3-2-4-9-16/h5-7,10H,2-4,8-9,11H2,1H3,(H,18,19). The van der Waals surface area contributed by atoms with Crippen LogP contribution in [0, 0.1) is 16.7 Å². The molecule has 20 heavy (non-hydrogen) atoms. The van der Waals surface area contributed by atoms with E-state index in [0.717, 1.165) is 30.5 Å². The molecule has 1 saturated carbocycles. The smallest absolute Gasteiger partial charge is 0.244 e. The van der Waals surface area contributed by atoms with E-state index in [1.165, 1.54) is 0 Å². The maximum absolute atomic E-state index is 12.4. The molecule has 0 spiro atoms. The van der Waals surface area contributed by atoms with Crippen molar-refractivity contribution in [2.75, 3.05) is 12.4 Å². The van der Waals surface area contributed by atoms with E-state index in [4.69, 9.17) is 4.74 Å². The van der Waals surface area contributed by atoms with Gasteiger partial charge >= 0.3 is 0 Å². The number of nitrogens with one attached hydrogen (secondary N) is 1. The van der Waals surface area contributed by atoms with Crippen LogP contribution in [-0.4, -0.2) is 13.0 Å². The first-order valence-corrected chi connectivity index (χ1v) is 7.01. The van der Waals surface area contributed by atoms with E-state index in [1.807, 2.05) is 24.3 Å². The highest BCUT2D eigenvalue weighted by Crippen LogP contribution is 2.36. The molecule has 0 heterocycles. The summed E-state index contributed by atoms with van der Waals surface area (Å²) in [5, 5.41) is 12.3. The van der Waals surface area contributed by atoms with Gasteiger partial charge in [0.05, 0.1) is 12.7 Å². The third-order valence-electron chi connectivity index (χ3n) is 3.85. The topological polar surface area (TPSA) is 62.1 Å². The van der Waals surface area contributed by atoms with Crippen molar-refractivity contribution in [2.24, 2.45) is 5.41 Å². The molecule has 0 aromatic heterocycles. The third kappa shape index (κ3) is 3.17. The van der Waals surface area contributed by atoms with E-state index in [9.17, 15) is 10.1 Å². The van der Waals surface area contributed by atoms with Crippen LogP contribution in [-0.2, 0) is 16.1 Å². The third-order valence-corrected chi connectivity index (χ3v) is 3.85. The minimum atomic E-state index is -0.852. The van der Waals surface area contributed by atoms with Crippen molar-refractivity contribution in [3.05, 3.63) is 29.8 Å². The average Bonchev–Trinajstić information content (AvgIpc) is 2.48. The van der Waals surface area contributed by atoms with Crippen LogP contribution in [0.15, 0.2) is 24.3 Å². The number of rotatable bonds is 4. The number of benzene rings is 1. The lowest BCUT2D eigenvalue weighted by molar-refractivity contribution is -0.124. The molecule has 1 aromatic carbocycles. The molecule has 1 amide bonds. The van der Waals surface area contributed by atoms with Gasteiger partial charge in [0.15, 0.2) is 0 Å². The van der Waals surface area contributed by atoms with Crippen molar-refractivity contribution in [1.82, 2.24) is 0 Å². The van der Waals surface area contributed by atoms with Crippen LogP contribution in [0.5, 0.6) is 0 Å². The lowest BCUT2D eigenvalue weighted by Crippen LogP contribution is -2.36. The van der Waals surface area contributed by atoms with Crippen molar-refractivity contribution in [1.29, 1.82) is 5.26 Å². The quantitative estimate of drug-likeness (QED) is 0.915. The van der Waals surface area contributed by atoms with E-state index in [0.29, 0.717) is 19.4 Å². The molecule has 4 nitrogen and oxygen atoms in total. The number of nitrogens with zero attached hydrogens (tertiary/aromatic N) is 1. The molecule has 1 aliphatic rings. The predicted octanol–water partition coefficient (Wildman–Crippen LogP) is 3.25. The van der Waals surface area contributed by atoms with Gasteiger partial charge in [-0.2, -0.15) is 5.26 Å². The Morgan fingerprint density at radius 1 is 1.40 bits per heavy atom. The molecule has 0 radical (unpaired) electrons. The fourth-order valence-corrected chi connectivity index (χ4v) is 2.70. The van der Waals surface area contributed by atoms with Gasteiger partial charge in [0.2, 0.25) is 5.91 Å². The Kier molecular flexibility index (Phi) is 4.75. The van der Waals surface area contributed by atoms with E-state index < -0.39 is 5.41 Å².